The first-order valence-corrected chi connectivity index (χ1v) is 7.35. The number of morpholine rings is 1. The maximum Gasteiger partial charge on any atom is 0.137 e. The second-order valence-corrected chi connectivity index (χ2v) is 5.46. The lowest BCUT2D eigenvalue weighted by atomic mass is 10.2. The molecule has 0 bridgehead atoms. The molecule has 0 amide bonds. The van der Waals surface area contributed by atoms with Gasteiger partial charge in [-0.1, -0.05) is 0 Å². The maximum absolute atomic E-state index is 5.44. The summed E-state index contributed by atoms with van der Waals surface area (Å²) in [6.07, 6.45) is 2.86. The number of hydrogen-bond acceptors (Lipinski definition) is 6. The van der Waals surface area contributed by atoms with Crippen LogP contribution in [0.25, 0.3) is 0 Å². The number of anilines is 2. The van der Waals surface area contributed by atoms with Crippen LogP contribution in [0.15, 0.2) is 6.33 Å². The minimum atomic E-state index is 0.631. The Morgan fingerprint density at radius 2 is 2.05 bits per heavy atom. The van der Waals surface area contributed by atoms with E-state index in [2.05, 4.69) is 32.0 Å². The van der Waals surface area contributed by atoms with Gasteiger partial charge >= 0.3 is 0 Å². The van der Waals surface area contributed by atoms with Crippen LogP contribution in [0.3, 0.4) is 0 Å². The van der Waals surface area contributed by atoms with Crippen LogP contribution >= 0.6 is 0 Å². The zero-order valence-electron chi connectivity index (χ0n) is 12.3. The van der Waals surface area contributed by atoms with E-state index in [4.69, 9.17) is 4.74 Å². The molecule has 1 N–H and O–H groups in total. The van der Waals surface area contributed by atoms with Crippen molar-refractivity contribution < 1.29 is 4.74 Å². The standard InChI is InChI=1S/C14H23N5O/c1-11-13(15-2)16-10-17-14(11)19-4-3-12(9-19)18-5-7-20-8-6-18/h10,12H,3-9H2,1-2H3,(H,15,16,17). The van der Waals surface area contributed by atoms with Crippen LogP contribution in [-0.2, 0) is 4.74 Å². The molecule has 0 radical (unpaired) electrons. The van der Waals surface area contributed by atoms with E-state index in [1.54, 1.807) is 6.33 Å². The largest absolute Gasteiger partial charge is 0.379 e. The highest BCUT2D eigenvalue weighted by molar-refractivity contribution is 5.58. The van der Waals surface area contributed by atoms with Gasteiger partial charge in [0.1, 0.15) is 18.0 Å². The molecule has 3 rings (SSSR count). The number of ether oxygens (including phenoxy) is 1. The van der Waals surface area contributed by atoms with E-state index in [0.29, 0.717) is 6.04 Å². The van der Waals surface area contributed by atoms with Crippen molar-refractivity contribution in [1.82, 2.24) is 14.9 Å². The molecule has 0 aromatic carbocycles. The van der Waals surface area contributed by atoms with Crippen molar-refractivity contribution in [1.29, 1.82) is 0 Å². The van der Waals surface area contributed by atoms with Crippen LogP contribution in [0.4, 0.5) is 11.6 Å². The minimum Gasteiger partial charge on any atom is -0.379 e. The van der Waals surface area contributed by atoms with Gasteiger partial charge in [0.05, 0.1) is 13.2 Å². The normalized spacial score (nSPS) is 24.1. The summed E-state index contributed by atoms with van der Waals surface area (Å²) >= 11 is 0. The summed E-state index contributed by atoms with van der Waals surface area (Å²) in [7, 11) is 1.90. The van der Waals surface area contributed by atoms with Crippen molar-refractivity contribution in [3.8, 4) is 0 Å². The fourth-order valence-corrected chi connectivity index (χ4v) is 3.19. The fraction of sp³-hybridized carbons (Fsp3) is 0.714. The van der Waals surface area contributed by atoms with E-state index in [-0.39, 0.29) is 0 Å². The second-order valence-electron chi connectivity index (χ2n) is 5.46. The highest BCUT2D eigenvalue weighted by Gasteiger charge is 2.30. The molecule has 6 heteroatoms. The van der Waals surface area contributed by atoms with Gasteiger partial charge in [0.25, 0.3) is 0 Å². The summed E-state index contributed by atoms with van der Waals surface area (Å²) in [4.78, 5) is 13.7. The molecule has 6 nitrogen and oxygen atoms in total. The molecule has 0 aliphatic carbocycles. The molecule has 1 aromatic heterocycles. The topological polar surface area (TPSA) is 53.5 Å². The third kappa shape index (κ3) is 2.58. The predicted octanol–water partition coefficient (Wildman–Crippen LogP) is 0.738. The van der Waals surface area contributed by atoms with Gasteiger partial charge in [-0.05, 0) is 13.3 Å². The number of rotatable bonds is 3. The molecule has 3 heterocycles. The van der Waals surface area contributed by atoms with Crippen molar-refractivity contribution in [3.63, 3.8) is 0 Å². The molecule has 0 spiro atoms. The lowest BCUT2D eigenvalue weighted by Crippen LogP contribution is -2.44. The Morgan fingerprint density at radius 1 is 1.25 bits per heavy atom. The summed E-state index contributed by atoms with van der Waals surface area (Å²) in [5.74, 6) is 1.99. The van der Waals surface area contributed by atoms with Crippen molar-refractivity contribution in [3.05, 3.63) is 11.9 Å². The summed E-state index contributed by atoms with van der Waals surface area (Å²) in [5.41, 5.74) is 1.14. The lowest BCUT2D eigenvalue weighted by molar-refractivity contribution is 0.0209. The van der Waals surface area contributed by atoms with Gasteiger partial charge in [0, 0.05) is 44.8 Å². The number of hydrogen-bond donors (Lipinski definition) is 1. The first kappa shape index (κ1) is 13.6. The van der Waals surface area contributed by atoms with E-state index in [0.717, 1.165) is 56.6 Å². The van der Waals surface area contributed by atoms with Crippen LogP contribution in [0.2, 0.25) is 0 Å². The Balaban J connectivity index is 1.70. The highest BCUT2D eigenvalue weighted by atomic mass is 16.5. The van der Waals surface area contributed by atoms with Gasteiger partial charge in [-0.2, -0.15) is 0 Å². The molecular weight excluding hydrogens is 254 g/mol. The van der Waals surface area contributed by atoms with E-state index < -0.39 is 0 Å². The summed E-state index contributed by atoms with van der Waals surface area (Å²) in [6, 6.07) is 0.631. The van der Waals surface area contributed by atoms with Crippen molar-refractivity contribution in [2.45, 2.75) is 19.4 Å². The van der Waals surface area contributed by atoms with Gasteiger partial charge in [-0.15, -0.1) is 0 Å². The molecule has 110 valence electrons. The zero-order valence-corrected chi connectivity index (χ0v) is 12.3. The van der Waals surface area contributed by atoms with Gasteiger partial charge in [0.2, 0.25) is 0 Å². The molecular formula is C14H23N5O. The lowest BCUT2D eigenvalue weighted by Gasteiger charge is -2.32. The summed E-state index contributed by atoms with van der Waals surface area (Å²) in [6.45, 7) is 8.07. The molecule has 20 heavy (non-hydrogen) atoms. The predicted molar refractivity (Wildman–Crippen MR) is 79.3 cm³/mol. The highest BCUT2D eigenvalue weighted by Crippen LogP contribution is 2.27. The Hall–Kier alpha value is -1.40. The summed E-state index contributed by atoms with van der Waals surface area (Å²) in [5, 5.41) is 3.13. The maximum atomic E-state index is 5.44. The summed E-state index contributed by atoms with van der Waals surface area (Å²) < 4.78 is 5.44. The molecule has 1 aromatic rings. The van der Waals surface area contributed by atoms with Crippen molar-refractivity contribution in [2.75, 3.05) is 56.7 Å². The Bertz CT molecular complexity index is 461. The van der Waals surface area contributed by atoms with E-state index >= 15 is 0 Å². The first-order valence-electron chi connectivity index (χ1n) is 7.35. The van der Waals surface area contributed by atoms with E-state index in [1.807, 2.05) is 7.05 Å². The molecule has 2 aliphatic rings. The smallest absolute Gasteiger partial charge is 0.137 e. The van der Waals surface area contributed by atoms with Crippen molar-refractivity contribution >= 4 is 11.6 Å². The minimum absolute atomic E-state index is 0.631. The fourth-order valence-electron chi connectivity index (χ4n) is 3.19. The molecule has 2 saturated heterocycles. The van der Waals surface area contributed by atoms with Crippen molar-refractivity contribution in [2.24, 2.45) is 0 Å². The van der Waals surface area contributed by atoms with Crippen LogP contribution < -0.4 is 10.2 Å². The molecule has 0 saturated carbocycles. The van der Waals surface area contributed by atoms with E-state index in [1.165, 1.54) is 6.42 Å². The monoisotopic (exact) mass is 277 g/mol. The number of nitrogens with one attached hydrogen (secondary N) is 1. The van der Waals surface area contributed by atoms with Crippen LogP contribution in [0.5, 0.6) is 0 Å². The molecule has 1 atom stereocenters. The van der Waals surface area contributed by atoms with Gasteiger partial charge in [-0.25, -0.2) is 9.97 Å². The Kier molecular flexibility index (Phi) is 4.03. The number of aromatic nitrogens is 2. The molecule has 1 unspecified atom stereocenters. The molecule has 2 fully saturated rings. The van der Waals surface area contributed by atoms with Gasteiger partial charge in [-0.3, -0.25) is 4.90 Å². The van der Waals surface area contributed by atoms with Gasteiger partial charge < -0.3 is 15.0 Å². The SMILES string of the molecule is CNc1ncnc(N2CCC(N3CCOCC3)C2)c1C. The average Bonchev–Trinajstić information content (AvgIpc) is 2.98. The van der Waals surface area contributed by atoms with Crippen LogP contribution in [-0.4, -0.2) is 67.4 Å². The number of nitrogens with zero attached hydrogens (tertiary/aromatic N) is 4. The Morgan fingerprint density at radius 3 is 2.80 bits per heavy atom. The van der Waals surface area contributed by atoms with Gasteiger partial charge in [0.15, 0.2) is 0 Å². The zero-order chi connectivity index (χ0) is 13.9. The van der Waals surface area contributed by atoms with Crippen LogP contribution in [0.1, 0.15) is 12.0 Å². The third-order valence-electron chi connectivity index (χ3n) is 4.32. The quantitative estimate of drug-likeness (QED) is 0.879. The first-order chi connectivity index (χ1) is 9.79. The average molecular weight is 277 g/mol. The van der Waals surface area contributed by atoms with E-state index in [9.17, 15) is 0 Å². The Labute approximate surface area is 120 Å². The second kappa shape index (κ2) is 5.93. The third-order valence-corrected chi connectivity index (χ3v) is 4.32. The molecule has 2 aliphatic heterocycles. The van der Waals surface area contributed by atoms with Crippen LogP contribution in [0, 0.1) is 6.92 Å².